The number of quaternary nitrogens is 3. The van der Waals surface area contributed by atoms with Crippen molar-refractivity contribution in [1.29, 1.82) is 0 Å². The van der Waals surface area contributed by atoms with E-state index in [1.54, 1.807) is 32.9 Å². The number of rotatable bonds is 4. The van der Waals surface area contributed by atoms with Crippen LogP contribution in [0, 0.1) is 12.3 Å². The van der Waals surface area contributed by atoms with Crippen LogP contribution in [-0.2, 0) is 0 Å². The third-order valence-corrected chi connectivity index (χ3v) is 6.51. The molecule has 2 aromatic rings. The second-order valence-electron chi connectivity index (χ2n) is 8.88. The molecular weight excluding hydrogens is 366 g/mol. The minimum absolute atomic E-state index is 0.0337. The number of benzene rings is 2. The van der Waals surface area contributed by atoms with E-state index in [0.717, 1.165) is 30.9 Å². The lowest BCUT2D eigenvalue weighted by atomic mass is 9.74. The zero-order chi connectivity index (χ0) is 20.0. The van der Waals surface area contributed by atoms with E-state index >= 15 is 0 Å². The maximum atomic E-state index is 12.7. The number of carbonyl (C=O) groups excluding carboxylic acids is 1. The number of aryl methyl sites for hydroxylation is 1. The lowest BCUT2D eigenvalue weighted by molar-refractivity contribution is -1.30. The molecule has 0 aromatic heterocycles. The summed E-state index contributed by atoms with van der Waals surface area (Å²) >= 11 is 0. The average molecular weight is 394 g/mol. The van der Waals surface area contributed by atoms with Crippen molar-refractivity contribution in [2.75, 3.05) is 39.6 Å². The summed E-state index contributed by atoms with van der Waals surface area (Å²) in [6, 6.07) is 15.0. The molecular formula is C22H28N5O2+3. The van der Waals surface area contributed by atoms with Gasteiger partial charge >= 0.3 is 0 Å². The molecule has 4 heterocycles. The summed E-state index contributed by atoms with van der Waals surface area (Å²) in [5.74, 6) is -0.418. The fourth-order valence-corrected chi connectivity index (χ4v) is 5.53. The monoisotopic (exact) mass is 394 g/mol. The first-order chi connectivity index (χ1) is 14.0. The van der Waals surface area contributed by atoms with Gasteiger partial charge in [0.1, 0.15) is 25.4 Å². The van der Waals surface area contributed by atoms with E-state index in [4.69, 9.17) is 5.10 Å². The molecule has 0 saturated carbocycles. The van der Waals surface area contributed by atoms with E-state index in [2.05, 4.69) is 36.6 Å². The molecule has 4 saturated heterocycles. The van der Waals surface area contributed by atoms with Crippen LogP contribution in [0.4, 0.5) is 0 Å². The number of nitrogens with one attached hydrogen (secondary N) is 4. The van der Waals surface area contributed by atoms with Crippen LogP contribution in [0.2, 0.25) is 0 Å². The Morgan fingerprint density at radius 2 is 1.55 bits per heavy atom. The van der Waals surface area contributed by atoms with Crippen molar-refractivity contribution in [3.05, 3.63) is 65.2 Å². The Hall–Kier alpha value is -2.74. The van der Waals surface area contributed by atoms with Gasteiger partial charge in [-0.3, -0.25) is 4.79 Å². The van der Waals surface area contributed by atoms with Gasteiger partial charge < -0.3 is 5.11 Å². The molecule has 4 aliphatic rings. The molecule has 1 amide bonds. The standard InChI is InChI=1S/C22H25N5O2/c1-16-6-8-17(9-7-16)20(23-24-21(29)18-4-2-3-5-19(18)28)22-10-25-13-26(11-22)15-27(12-22)14-25/h2-9,28H,10-15H2,1H3,(H,24,29)/p+3. The Morgan fingerprint density at radius 1 is 0.966 bits per heavy atom. The molecule has 6 rings (SSSR count). The predicted molar refractivity (Wildman–Crippen MR) is 108 cm³/mol. The fourth-order valence-electron chi connectivity index (χ4n) is 5.53. The molecule has 7 nitrogen and oxygen atoms in total. The van der Waals surface area contributed by atoms with Gasteiger partial charge in [-0.1, -0.05) is 42.0 Å². The number of hydrogen-bond donors (Lipinski definition) is 5. The summed E-state index contributed by atoms with van der Waals surface area (Å²) in [6.45, 7) is 8.77. The third-order valence-electron chi connectivity index (χ3n) is 6.51. The lowest BCUT2D eigenvalue weighted by Gasteiger charge is -2.52. The number of aromatic hydroxyl groups is 1. The Balaban J connectivity index is 1.51. The largest absolute Gasteiger partial charge is 0.507 e. The Kier molecular flexibility index (Phi) is 4.38. The van der Waals surface area contributed by atoms with Gasteiger partial charge in [-0.2, -0.15) is 5.10 Å². The van der Waals surface area contributed by atoms with E-state index in [1.165, 1.54) is 31.6 Å². The average Bonchev–Trinajstić information content (AvgIpc) is 2.68. The minimum Gasteiger partial charge on any atom is -0.507 e. The highest BCUT2D eigenvalue weighted by atomic mass is 16.3. The lowest BCUT2D eigenvalue weighted by Crippen LogP contribution is -3.56. The summed E-state index contributed by atoms with van der Waals surface area (Å²) in [6.07, 6.45) is 0. The molecule has 0 spiro atoms. The summed E-state index contributed by atoms with van der Waals surface area (Å²) < 4.78 is 0. The van der Waals surface area contributed by atoms with Crippen LogP contribution >= 0.6 is 0 Å². The van der Waals surface area contributed by atoms with Crippen molar-refractivity contribution in [2.45, 2.75) is 6.92 Å². The van der Waals surface area contributed by atoms with Crippen molar-refractivity contribution >= 4 is 11.6 Å². The topological polar surface area (TPSA) is 75.0 Å². The maximum absolute atomic E-state index is 12.7. The van der Waals surface area contributed by atoms with E-state index in [0.29, 0.717) is 0 Å². The number of phenolic OH excluding ortho intramolecular Hbond substituents is 1. The Labute approximate surface area is 170 Å². The van der Waals surface area contributed by atoms with Gasteiger partial charge in [-0.25, -0.2) is 20.1 Å². The van der Waals surface area contributed by atoms with Gasteiger partial charge in [-0.05, 0) is 24.6 Å². The first-order valence-electron chi connectivity index (χ1n) is 10.3. The van der Waals surface area contributed by atoms with Crippen LogP contribution in [0.3, 0.4) is 0 Å². The van der Waals surface area contributed by atoms with Crippen LogP contribution in [-0.4, -0.2) is 56.4 Å². The smallest absolute Gasteiger partial charge is 0.275 e. The highest BCUT2D eigenvalue weighted by molar-refractivity contribution is 6.06. The van der Waals surface area contributed by atoms with Gasteiger partial charge in [0, 0.05) is 0 Å². The molecule has 0 atom stereocenters. The molecule has 4 bridgehead atoms. The van der Waals surface area contributed by atoms with Crippen molar-refractivity contribution in [2.24, 2.45) is 10.5 Å². The summed E-state index contributed by atoms with van der Waals surface area (Å²) in [7, 11) is 0. The normalized spacial score (nSPS) is 30.4. The summed E-state index contributed by atoms with van der Waals surface area (Å²) in [5.41, 5.74) is 6.17. The zero-order valence-corrected chi connectivity index (χ0v) is 16.7. The second-order valence-corrected chi connectivity index (χ2v) is 8.88. The van der Waals surface area contributed by atoms with Crippen molar-refractivity contribution in [1.82, 2.24) is 5.43 Å². The molecule has 5 N–H and O–H groups in total. The highest BCUT2D eigenvalue weighted by Gasteiger charge is 2.60. The minimum atomic E-state index is -0.384. The quantitative estimate of drug-likeness (QED) is 0.291. The predicted octanol–water partition coefficient (Wildman–Crippen LogP) is -2.61. The molecule has 4 fully saturated rings. The molecule has 150 valence electrons. The van der Waals surface area contributed by atoms with E-state index in [9.17, 15) is 9.90 Å². The van der Waals surface area contributed by atoms with Gasteiger partial charge in [0.2, 0.25) is 20.0 Å². The number of carbonyl (C=O) groups is 1. The molecule has 4 aliphatic heterocycles. The SMILES string of the molecule is Cc1ccc(C(=NNC(=O)c2ccccc2O)C23C[NH+]4C[NH+](C[NH+](C4)C2)C3)cc1. The van der Waals surface area contributed by atoms with Crippen LogP contribution in [0.25, 0.3) is 0 Å². The third kappa shape index (κ3) is 3.31. The summed E-state index contributed by atoms with van der Waals surface area (Å²) in [4.78, 5) is 17.5. The van der Waals surface area contributed by atoms with Crippen LogP contribution < -0.4 is 20.1 Å². The molecule has 0 aliphatic carbocycles. The van der Waals surface area contributed by atoms with Crippen LogP contribution in [0.1, 0.15) is 21.5 Å². The van der Waals surface area contributed by atoms with E-state index in [-0.39, 0.29) is 22.6 Å². The van der Waals surface area contributed by atoms with Gasteiger partial charge in [0.15, 0.2) is 5.41 Å². The first-order valence-corrected chi connectivity index (χ1v) is 10.3. The molecule has 29 heavy (non-hydrogen) atoms. The second kappa shape index (κ2) is 6.95. The molecule has 0 radical (unpaired) electrons. The van der Waals surface area contributed by atoms with Crippen molar-refractivity contribution < 1.29 is 24.6 Å². The van der Waals surface area contributed by atoms with Gasteiger partial charge in [0.05, 0.1) is 11.3 Å². The van der Waals surface area contributed by atoms with Crippen LogP contribution in [0.5, 0.6) is 5.75 Å². The maximum Gasteiger partial charge on any atom is 0.275 e. The summed E-state index contributed by atoms with van der Waals surface area (Å²) in [5, 5.41) is 14.7. The highest BCUT2D eigenvalue weighted by Crippen LogP contribution is 2.24. The molecule has 2 aromatic carbocycles. The van der Waals surface area contributed by atoms with E-state index < -0.39 is 0 Å². The zero-order valence-electron chi connectivity index (χ0n) is 16.7. The number of hydrogen-bond acceptors (Lipinski definition) is 3. The van der Waals surface area contributed by atoms with Crippen molar-refractivity contribution in [3.8, 4) is 5.75 Å². The van der Waals surface area contributed by atoms with Crippen molar-refractivity contribution in [3.63, 3.8) is 0 Å². The fraction of sp³-hybridized carbons (Fsp3) is 0.364. The number of phenols is 1. The van der Waals surface area contributed by atoms with Gasteiger partial charge in [0.25, 0.3) is 5.91 Å². The number of amides is 1. The first kappa shape index (κ1) is 18.3. The number of hydrazone groups is 1. The number of para-hydroxylation sites is 1. The van der Waals surface area contributed by atoms with E-state index in [1.807, 2.05) is 0 Å². The Bertz CT molecular complexity index is 934. The molecule has 0 unspecified atom stereocenters. The van der Waals surface area contributed by atoms with Gasteiger partial charge in [-0.15, -0.1) is 0 Å². The Morgan fingerprint density at radius 3 is 2.14 bits per heavy atom. The number of nitrogens with zero attached hydrogens (tertiary/aromatic N) is 1. The molecule has 7 heteroatoms. The van der Waals surface area contributed by atoms with Crippen LogP contribution in [0.15, 0.2) is 53.6 Å².